The van der Waals surface area contributed by atoms with Gasteiger partial charge in [0.25, 0.3) is 0 Å². The third-order valence-electron chi connectivity index (χ3n) is 3.56. The third-order valence-corrected chi connectivity index (χ3v) is 3.56. The molecule has 0 saturated carbocycles. The highest BCUT2D eigenvalue weighted by molar-refractivity contribution is 5.51. The molecule has 0 spiro atoms. The lowest BCUT2D eigenvalue weighted by Gasteiger charge is -2.31. The second-order valence-electron chi connectivity index (χ2n) is 4.92. The van der Waals surface area contributed by atoms with Crippen molar-refractivity contribution in [1.82, 2.24) is 4.98 Å². The lowest BCUT2D eigenvalue weighted by Crippen LogP contribution is -2.41. The van der Waals surface area contributed by atoms with Gasteiger partial charge in [0, 0.05) is 6.54 Å². The fourth-order valence-corrected chi connectivity index (χ4v) is 1.99. The standard InChI is InChI=1S/C14H22F3N3O/c1-4-13(5-2,9-21)20-12-8-10(14(15,16)17)7-11(19-12)18-6-3/h7-8,21H,4-6,9H2,1-3H3,(H2,18,19,20). The van der Waals surface area contributed by atoms with Crippen molar-refractivity contribution in [3.63, 3.8) is 0 Å². The number of nitrogens with zero attached hydrogens (tertiary/aromatic N) is 1. The van der Waals surface area contributed by atoms with Crippen LogP contribution in [0, 0.1) is 0 Å². The number of alkyl halides is 3. The number of aliphatic hydroxyl groups is 1. The maximum absolute atomic E-state index is 12.9. The molecule has 0 fully saturated rings. The number of anilines is 2. The molecule has 0 amide bonds. The van der Waals surface area contributed by atoms with Crippen molar-refractivity contribution in [3.05, 3.63) is 17.7 Å². The first-order valence-electron chi connectivity index (χ1n) is 7.02. The topological polar surface area (TPSA) is 57.2 Å². The van der Waals surface area contributed by atoms with E-state index in [1.54, 1.807) is 6.92 Å². The van der Waals surface area contributed by atoms with Crippen LogP contribution in [-0.4, -0.2) is 28.8 Å². The summed E-state index contributed by atoms with van der Waals surface area (Å²) < 4.78 is 38.8. The van der Waals surface area contributed by atoms with E-state index in [2.05, 4.69) is 15.6 Å². The third kappa shape index (κ3) is 4.49. The Labute approximate surface area is 122 Å². The van der Waals surface area contributed by atoms with Gasteiger partial charge < -0.3 is 15.7 Å². The minimum Gasteiger partial charge on any atom is -0.394 e. The van der Waals surface area contributed by atoms with E-state index in [9.17, 15) is 18.3 Å². The van der Waals surface area contributed by atoms with Crippen LogP contribution >= 0.6 is 0 Å². The number of halogens is 3. The maximum Gasteiger partial charge on any atom is 0.416 e. The van der Waals surface area contributed by atoms with Crippen LogP contribution in [0.4, 0.5) is 24.8 Å². The van der Waals surface area contributed by atoms with Gasteiger partial charge >= 0.3 is 6.18 Å². The highest BCUT2D eigenvalue weighted by Crippen LogP contribution is 2.33. The summed E-state index contributed by atoms with van der Waals surface area (Å²) >= 11 is 0. The fraction of sp³-hybridized carbons (Fsp3) is 0.643. The van der Waals surface area contributed by atoms with Gasteiger partial charge in [-0.25, -0.2) is 4.98 Å². The quantitative estimate of drug-likeness (QED) is 0.722. The van der Waals surface area contributed by atoms with Crippen molar-refractivity contribution in [2.75, 3.05) is 23.8 Å². The van der Waals surface area contributed by atoms with Gasteiger partial charge in [-0.15, -0.1) is 0 Å². The Hall–Kier alpha value is -1.50. The Morgan fingerprint density at radius 3 is 2.10 bits per heavy atom. The molecule has 0 unspecified atom stereocenters. The summed E-state index contributed by atoms with van der Waals surface area (Å²) in [7, 11) is 0. The summed E-state index contributed by atoms with van der Waals surface area (Å²) in [6, 6.07) is 1.95. The monoisotopic (exact) mass is 305 g/mol. The van der Waals surface area contributed by atoms with E-state index >= 15 is 0 Å². The molecule has 0 bridgehead atoms. The average molecular weight is 305 g/mol. The normalized spacial score (nSPS) is 12.3. The summed E-state index contributed by atoms with van der Waals surface area (Å²) in [4.78, 5) is 4.13. The molecule has 0 saturated heterocycles. The first-order valence-corrected chi connectivity index (χ1v) is 7.02. The molecule has 0 aliphatic heterocycles. The van der Waals surface area contributed by atoms with E-state index in [-0.39, 0.29) is 18.2 Å². The van der Waals surface area contributed by atoms with Crippen LogP contribution in [-0.2, 0) is 6.18 Å². The minimum atomic E-state index is -4.44. The SMILES string of the molecule is CCNc1cc(C(F)(F)F)cc(NC(CC)(CC)CO)n1. The predicted molar refractivity (Wildman–Crippen MR) is 77.4 cm³/mol. The van der Waals surface area contributed by atoms with Gasteiger partial charge in [0.1, 0.15) is 11.6 Å². The van der Waals surface area contributed by atoms with E-state index in [1.807, 2.05) is 13.8 Å². The lowest BCUT2D eigenvalue weighted by molar-refractivity contribution is -0.137. The van der Waals surface area contributed by atoms with Crippen molar-refractivity contribution in [1.29, 1.82) is 0 Å². The zero-order valence-corrected chi connectivity index (χ0v) is 12.5. The Kier molecular flexibility index (Phi) is 5.83. The Balaban J connectivity index is 3.19. The average Bonchev–Trinajstić information content (AvgIpc) is 2.44. The van der Waals surface area contributed by atoms with Crippen LogP contribution in [0.3, 0.4) is 0 Å². The number of rotatable bonds is 7. The number of hydrogen-bond donors (Lipinski definition) is 3. The summed E-state index contributed by atoms with van der Waals surface area (Å²) in [6.45, 7) is 5.82. The van der Waals surface area contributed by atoms with Gasteiger partial charge in [0.2, 0.25) is 0 Å². The molecule has 120 valence electrons. The molecule has 0 aromatic carbocycles. The maximum atomic E-state index is 12.9. The number of nitrogens with one attached hydrogen (secondary N) is 2. The van der Waals surface area contributed by atoms with Gasteiger partial charge in [0.05, 0.1) is 17.7 Å². The molecule has 0 atom stereocenters. The second-order valence-corrected chi connectivity index (χ2v) is 4.92. The van der Waals surface area contributed by atoms with Gasteiger partial charge in [-0.05, 0) is 31.9 Å². The van der Waals surface area contributed by atoms with Crippen LogP contribution in [0.1, 0.15) is 39.2 Å². The summed E-state index contributed by atoms with van der Waals surface area (Å²) in [6.07, 6.45) is -3.28. The lowest BCUT2D eigenvalue weighted by atomic mass is 9.94. The van der Waals surface area contributed by atoms with E-state index in [4.69, 9.17) is 0 Å². The molecule has 21 heavy (non-hydrogen) atoms. The Bertz CT molecular complexity index is 451. The van der Waals surface area contributed by atoms with Gasteiger partial charge in [-0.1, -0.05) is 13.8 Å². The number of hydrogen-bond acceptors (Lipinski definition) is 4. The zero-order chi connectivity index (χ0) is 16.1. The smallest absolute Gasteiger partial charge is 0.394 e. The Morgan fingerprint density at radius 2 is 1.67 bits per heavy atom. The van der Waals surface area contributed by atoms with Crippen molar-refractivity contribution < 1.29 is 18.3 Å². The molecule has 7 heteroatoms. The first-order chi connectivity index (χ1) is 9.80. The van der Waals surface area contributed by atoms with E-state index < -0.39 is 17.3 Å². The number of aliphatic hydroxyl groups excluding tert-OH is 1. The van der Waals surface area contributed by atoms with E-state index in [0.717, 1.165) is 12.1 Å². The van der Waals surface area contributed by atoms with E-state index in [0.29, 0.717) is 19.4 Å². The molecule has 1 aromatic heterocycles. The molecule has 4 nitrogen and oxygen atoms in total. The summed E-state index contributed by atoms with van der Waals surface area (Å²) in [5, 5.41) is 15.2. The second kappa shape index (κ2) is 6.98. The minimum absolute atomic E-state index is 0.110. The highest BCUT2D eigenvalue weighted by atomic mass is 19.4. The summed E-state index contributed by atoms with van der Waals surface area (Å²) in [5.41, 5.74) is -1.43. The van der Waals surface area contributed by atoms with Gasteiger partial charge in [-0.3, -0.25) is 0 Å². The van der Waals surface area contributed by atoms with Crippen molar-refractivity contribution in [3.8, 4) is 0 Å². The van der Waals surface area contributed by atoms with Crippen molar-refractivity contribution in [2.45, 2.75) is 45.3 Å². The van der Waals surface area contributed by atoms with Crippen LogP contribution in [0.25, 0.3) is 0 Å². The highest BCUT2D eigenvalue weighted by Gasteiger charge is 2.33. The molecular weight excluding hydrogens is 283 g/mol. The molecule has 0 aliphatic rings. The predicted octanol–water partition coefficient (Wildman–Crippen LogP) is 3.50. The molecule has 3 N–H and O–H groups in total. The first kappa shape index (κ1) is 17.6. The molecule has 1 aromatic rings. The van der Waals surface area contributed by atoms with Crippen LogP contribution in [0.15, 0.2) is 12.1 Å². The van der Waals surface area contributed by atoms with Crippen molar-refractivity contribution >= 4 is 11.6 Å². The summed E-state index contributed by atoms with van der Waals surface area (Å²) in [5.74, 6) is 0.271. The zero-order valence-electron chi connectivity index (χ0n) is 12.5. The molecule has 1 heterocycles. The molecule has 0 radical (unpaired) electrons. The van der Waals surface area contributed by atoms with Gasteiger partial charge in [-0.2, -0.15) is 13.2 Å². The number of aromatic nitrogens is 1. The molecule has 1 rings (SSSR count). The van der Waals surface area contributed by atoms with Crippen LogP contribution in [0.5, 0.6) is 0 Å². The van der Waals surface area contributed by atoms with Crippen LogP contribution in [0.2, 0.25) is 0 Å². The molecular formula is C14H22F3N3O. The van der Waals surface area contributed by atoms with Crippen molar-refractivity contribution in [2.24, 2.45) is 0 Å². The largest absolute Gasteiger partial charge is 0.416 e. The Morgan fingerprint density at radius 1 is 1.10 bits per heavy atom. The van der Waals surface area contributed by atoms with Crippen LogP contribution < -0.4 is 10.6 Å². The van der Waals surface area contributed by atoms with E-state index in [1.165, 1.54) is 0 Å². The molecule has 0 aliphatic carbocycles. The number of pyridine rings is 1. The van der Waals surface area contributed by atoms with Gasteiger partial charge in [0.15, 0.2) is 0 Å². The fourth-order valence-electron chi connectivity index (χ4n) is 1.99.